The zero-order chi connectivity index (χ0) is 29.4. The Hall–Kier alpha value is -4.57. The number of carbonyl (C=O) groups excluding carboxylic acids is 1. The largest absolute Gasteiger partial charge is 0.494 e. The summed E-state index contributed by atoms with van der Waals surface area (Å²) in [5, 5.41) is 25.6. The number of hydrazine groups is 1. The van der Waals surface area contributed by atoms with Gasteiger partial charge in [0.2, 0.25) is 5.91 Å². The van der Waals surface area contributed by atoms with Gasteiger partial charge in [0.05, 0.1) is 48.5 Å². The first kappa shape index (κ1) is 29.4. The molecule has 4 rings (SSSR count). The number of methoxy groups -OCH3 is 1. The van der Waals surface area contributed by atoms with E-state index in [0.29, 0.717) is 41.5 Å². The van der Waals surface area contributed by atoms with E-state index >= 15 is 0 Å². The van der Waals surface area contributed by atoms with E-state index in [-0.39, 0.29) is 17.8 Å². The number of nitrogens with one attached hydrogen (secondary N) is 4. The summed E-state index contributed by atoms with van der Waals surface area (Å²) in [7, 11) is 1.57. The average molecular weight is 560 g/mol. The molecule has 41 heavy (non-hydrogen) atoms. The Labute approximate surface area is 240 Å². The fourth-order valence-corrected chi connectivity index (χ4v) is 4.97. The van der Waals surface area contributed by atoms with Crippen LogP contribution in [0.2, 0.25) is 0 Å². The summed E-state index contributed by atoms with van der Waals surface area (Å²) < 4.78 is 5.71. The number of nitrogens with two attached hydrogens (primary N) is 1. The van der Waals surface area contributed by atoms with Gasteiger partial charge in [-0.1, -0.05) is 25.6 Å². The molecule has 6 N–H and O–H groups in total. The highest BCUT2D eigenvalue weighted by Crippen LogP contribution is 2.38. The summed E-state index contributed by atoms with van der Waals surface area (Å²) in [6.45, 7) is 10.6. The second kappa shape index (κ2) is 13.7. The molecule has 2 aromatic carbocycles. The van der Waals surface area contributed by atoms with Gasteiger partial charge in [0, 0.05) is 44.7 Å². The normalized spacial score (nSPS) is 17.5. The maximum atomic E-state index is 12.3. The third kappa shape index (κ3) is 6.96. The predicted molar refractivity (Wildman–Crippen MR) is 159 cm³/mol. The van der Waals surface area contributed by atoms with Crippen molar-refractivity contribution in [3.05, 3.63) is 72.1 Å². The highest BCUT2D eigenvalue weighted by Gasteiger charge is 2.29. The number of anilines is 3. The second-order valence-electron chi connectivity index (χ2n) is 9.60. The van der Waals surface area contributed by atoms with Crippen molar-refractivity contribution in [1.29, 1.82) is 10.7 Å². The van der Waals surface area contributed by atoms with Gasteiger partial charge in [0.15, 0.2) is 0 Å². The van der Waals surface area contributed by atoms with Crippen LogP contribution in [0.5, 0.6) is 5.75 Å². The van der Waals surface area contributed by atoms with Crippen LogP contribution in [-0.2, 0) is 9.63 Å². The van der Waals surface area contributed by atoms with Crippen LogP contribution in [-0.4, -0.2) is 68.1 Å². The summed E-state index contributed by atoms with van der Waals surface area (Å²) >= 11 is 0. The third-order valence-corrected chi connectivity index (χ3v) is 7.17. The number of nitriles is 1. The highest BCUT2D eigenvalue weighted by molar-refractivity contribution is 6.02. The van der Waals surface area contributed by atoms with Gasteiger partial charge in [0.25, 0.3) is 0 Å². The smallest absolute Gasteiger partial charge is 0.247 e. The van der Waals surface area contributed by atoms with Crippen molar-refractivity contribution >= 4 is 28.8 Å². The number of hydrogen-bond donors (Lipinski definition) is 5. The zero-order valence-electron chi connectivity index (χ0n) is 23.4. The number of piperazine rings is 1. The Morgan fingerprint density at radius 1 is 1.24 bits per heavy atom. The fourth-order valence-electron chi connectivity index (χ4n) is 4.97. The molecular formula is C29H37N9O3. The summed E-state index contributed by atoms with van der Waals surface area (Å²) in [5.41, 5.74) is 5.99. The minimum absolute atomic E-state index is 0.0554. The molecule has 2 aliphatic heterocycles. The van der Waals surface area contributed by atoms with Gasteiger partial charge in [-0.25, -0.2) is 10.9 Å². The molecule has 2 aromatic rings. The maximum absolute atomic E-state index is 12.3. The third-order valence-electron chi connectivity index (χ3n) is 7.17. The minimum Gasteiger partial charge on any atom is -0.494 e. The molecule has 12 heteroatoms. The van der Waals surface area contributed by atoms with Crippen molar-refractivity contribution in [3.8, 4) is 11.8 Å². The van der Waals surface area contributed by atoms with Gasteiger partial charge in [-0.15, -0.1) is 0 Å². The molecule has 1 atom stereocenters. The van der Waals surface area contributed by atoms with Gasteiger partial charge in [-0.2, -0.15) is 5.26 Å². The number of amidine groups is 1. The molecule has 2 fully saturated rings. The number of carbonyl (C=O) groups is 1. The number of hydroxylamine groups is 2. The highest BCUT2D eigenvalue weighted by atomic mass is 16.7. The quantitative estimate of drug-likeness (QED) is 0.0965. The van der Waals surface area contributed by atoms with Gasteiger partial charge in [0.1, 0.15) is 17.4 Å². The molecule has 0 spiro atoms. The van der Waals surface area contributed by atoms with Crippen molar-refractivity contribution < 1.29 is 14.4 Å². The Morgan fingerprint density at radius 3 is 2.68 bits per heavy atom. The first-order valence-electron chi connectivity index (χ1n) is 13.5. The summed E-state index contributed by atoms with van der Waals surface area (Å²) in [6.07, 6.45) is 3.40. The Morgan fingerprint density at radius 2 is 2.02 bits per heavy atom. The van der Waals surface area contributed by atoms with E-state index in [1.165, 1.54) is 17.2 Å². The van der Waals surface area contributed by atoms with E-state index in [2.05, 4.69) is 45.4 Å². The number of amides is 1. The lowest BCUT2D eigenvalue weighted by molar-refractivity contribution is -0.111. The summed E-state index contributed by atoms with van der Waals surface area (Å²) in [6, 6.07) is 12.9. The molecule has 1 amide bonds. The van der Waals surface area contributed by atoms with Gasteiger partial charge in [-0.05, 0) is 36.4 Å². The van der Waals surface area contributed by atoms with Crippen LogP contribution in [0.15, 0.2) is 61.0 Å². The fraction of sp³-hybridized carbons (Fsp3) is 0.345. The van der Waals surface area contributed by atoms with E-state index < -0.39 is 0 Å². The van der Waals surface area contributed by atoms with Gasteiger partial charge in [-0.3, -0.25) is 15.0 Å². The van der Waals surface area contributed by atoms with Crippen LogP contribution in [0.3, 0.4) is 0 Å². The number of ether oxygens (including phenoxy) is 1. The molecule has 0 radical (unpaired) electrons. The van der Waals surface area contributed by atoms with E-state index in [9.17, 15) is 10.1 Å². The molecule has 2 aliphatic rings. The number of benzene rings is 2. The maximum Gasteiger partial charge on any atom is 0.247 e. The molecule has 0 unspecified atom stereocenters. The lowest BCUT2D eigenvalue weighted by atomic mass is 10.0. The number of likely N-dealkylation sites (N-methyl/N-ethyl adjacent to an activating group) is 1. The van der Waals surface area contributed by atoms with Crippen LogP contribution in [0.1, 0.15) is 30.5 Å². The molecule has 2 saturated heterocycles. The van der Waals surface area contributed by atoms with Crippen molar-refractivity contribution in [2.45, 2.75) is 19.4 Å². The van der Waals surface area contributed by atoms with Crippen LogP contribution in [0, 0.1) is 16.7 Å². The SMILES string of the molecule is C=CC(=O)Nc1cc(N/C(=C/C(=N)N2OCC[C@@H]2c2cccc(C#N)c2)NN)c(OC)cc1N1CCN(CC)CC1. The summed E-state index contributed by atoms with van der Waals surface area (Å²) in [5.74, 6) is 6.41. The second-order valence-corrected chi connectivity index (χ2v) is 9.60. The van der Waals surface area contributed by atoms with E-state index in [1.807, 2.05) is 18.2 Å². The van der Waals surface area contributed by atoms with E-state index in [4.69, 9.17) is 20.8 Å². The summed E-state index contributed by atoms with van der Waals surface area (Å²) in [4.78, 5) is 22.7. The zero-order valence-corrected chi connectivity index (χ0v) is 23.4. The van der Waals surface area contributed by atoms with Crippen LogP contribution in [0.25, 0.3) is 0 Å². The molecule has 216 valence electrons. The number of rotatable bonds is 10. The molecule has 0 saturated carbocycles. The van der Waals surface area contributed by atoms with E-state index in [0.717, 1.165) is 44.0 Å². The van der Waals surface area contributed by atoms with Crippen molar-refractivity contribution in [1.82, 2.24) is 15.4 Å². The Kier molecular flexibility index (Phi) is 9.81. The minimum atomic E-state index is -0.332. The number of hydrogen-bond acceptors (Lipinski definition) is 10. The Balaban J connectivity index is 1.60. The first-order chi connectivity index (χ1) is 19.9. The number of nitrogens with zero attached hydrogens (tertiary/aromatic N) is 4. The van der Waals surface area contributed by atoms with Crippen molar-refractivity contribution in [2.24, 2.45) is 5.84 Å². The van der Waals surface area contributed by atoms with Crippen molar-refractivity contribution in [2.75, 3.05) is 62.0 Å². The van der Waals surface area contributed by atoms with Gasteiger partial charge < -0.3 is 30.6 Å². The molecule has 0 bridgehead atoms. The Bertz CT molecular complexity index is 1350. The van der Waals surface area contributed by atoms with Crippen LogP contribution in [0.4, 0.5) is 17.1 Å². The topological polar surface area (TPSA) is 155 Å². The molecule has 2 heterocycles. The monoisotopic (exact) mass is 559 g/mol. The first-order valence-corrected chi connectivity index (χ1v) is 13.5. The lowest BCUT2D eigenvalue weighted by Gasteiger charge is -2.36. The molecule has 12 nitrogen and oxygen atoms in total. The molecular weight excluding hydrogens is 522 g/mol. The van der Waals surface area contributed by atoms with Gasteiger partial charge >= 0.3 is 0 Å². The predicted octanol–water partition coefficient (Wildman–Crippen LogP) is 2.91. The average Bonchev–Trinajstić information content (AvgIpc) is 3.51. The van der Waals surface area contributed by atoms with E-state index in [1.54, 1.807) is 25.3 Å². The lowest BCUT2D eigenvalue weighted by Crippen LogP contribution is -2.46. The molecule has 0 aromatic heterocycles. The standard InChI is InChI=1S/C29H37N9O3/c1-4-29(39)34-22-16-23(26(40-3)17-25(22)37-12-10-36(5-2)11-13-37)33-28(35-32)18-27(31)38-24(9-14-41-38)21-8-6-7-20(15-21)19-30/h4,6-8,15-18,24,31,33,35H,1,5,9-14,32H2,2-3H3,(H,34,39)/b28-18-,31-27?/t24-/m1/s1. The van der Waals surface area contributed by atoms with Crippen LogP contribution < -0.4 is 31.5 Å². The van der Waals surface area contributed by atoms with Crippen molar-refractivity contribution in [3.63, 3.8) is 0 Å². The van der Waals surface area contributed by atoms with Crippen LogP contribution >= 0.6 is 0 Å². The molecule has 0 aliphatic carbocycles.